The van der Waals surface area contributed by atoms with E-state index in [1.165, 1.54) is 71.6 Å². The number of hydrogen-bond donors (Lipinski definition) is 1. The van der Waals surface area contributed by atoms with Gasteiger partial charge in [0.2, 0.25) is 0 Å². The molecular weight excluding hydrogens is 224 g/mol. The summed E-state index contributed by atoms with van der Waals surface area (Å²) in [4.78, 5) is 7.97. The Morgan fingerprint density at radius 1 is 0.889 bits per heavy atom. The minimum absolute atomic E-state index is 0.834. The maximum atomic E-state index is 3.43. The highest BCUT2D eigenvalue weighted by Crippen LogP contribution is 2.28. The van der Waals surface area contributed by atoms with E-state index in [1.54, 1.807) is 0 Å². The number of rotatable bonds is 3. The second-order valence-corrected chi connectivity index (χ2v) is 6.23. The Labute approximate surface area is 111 Å². The third-order valence-electron chi connectivity index (χ3n) is 5.17. The number of likely N-dealkylation sites (tertiary alicyclic amines) is 1. The molecule has 3 saturated heterocycles. The van der Waals surface area contributed by atoms with E-state index < -0.39 is 0 Å². The molecule has 0 aromatic rings. The zero-order chi connectivity index (χ0) is 12.4. The average Bonchev–Trinajstić information content (AvgIpc) is 2.64. The molecule has 2 unspecified atom stereocenters. The first-order chi connectivity index (χ1) is 8.83. The molecule has 0 aromatic heterocycles. The van der Waals surface area contributed by atoms with Crippen LogP contribution in [0.1, 0.15) is 19.3 Å². The van der Waals surface area contributed by atoms with Crippen molar-refractivity contribution in [2.45, 2.75) is 31.3 Å². The number of fused-ring (bicyclic) bond motifs is 2. The van der Waals surface area contributed by atoms with Crippen molar-refractivity contribution in [3.8, 4) is 0 Å². The largest absolute Gasteiger partial charge is 0.314 e. The molecule has 3 rings (SSSR count). The van der Waals surface area contributed by atoms with E-state index in [2.05, 4.69) is 27.1 Å². The van der Waals surface area contributed by atoms with Crippen molar-refractivity contribution in [2.24, 2.45) is 0 Å². The van der Waals surface area contributed by atoms with Crippen LogP contribution in [0, 0.1) is 0 Å². The molecule has 18 heavy (non-hydrogen) atoms. The number of likely N-dealkylation sites (N-methyl/N-ethyl adjacent to an activating group) is 1. The van der Waals surface area contributed by atoms with Crippen LogP contribution >= 0.6 is 0 Å². The molecule has 0 saturated carbocycles. The maximum Gasteiger partial charge on any atom is 0.0223 e. The zero-order valence-electron chi connectivity index (χ0n) is 11.8. The van der Waals surface area contributed by atoms with Crippen LogP contribution in [0.3, 0.4) is 0 Å². The molecular formula is C14H28N4. The van der Waals surface area contributed by atoms with Crippen LogP contribution in [0.5, 0.6) is 0 Å². The first kappa shape index (κ1) is 12.9. The highest BCUT2D eigenvalue weighted by atomic mass is 15.3. The minimum atomic E-state index is 0.834. The number of hydrogen-bond acceptors (Lipinski definition) is 4. The summed E-state index contributed by atoms with van der Waals surface area (Å²) in [6.45, 7) is 9.98. The summed E-state index contributed by atoms with van der Waals surface area (Å²) in [5.74, 6) is 0. The number of piperazine rings is 1. The number of nitrogens with one attached hydrogen (secondary N) is 1. The third kappa shape index (κ3) is 2.87. The Hall–Kier alpha value is -0.160. The highest BCUT2D eigenvalue weighted by molar-refractivity contribution is 4.91. The van der Waals surface area contributed by atoms with Gasteiger partial charge in [-0.3, -0.25) is 9.80 Å². The van der Waals surface area contributed by atoms with E-state index in [9.17, 15) is 0 Å². The molecule has 104 valence electrons. The van der Waals surface area contributed by atoms with Crippen LogP contribution in [0.15, 0.2) is 0 Å². The van der Waals surface area contributed by atoms with Gasteiger partial charge in [0, 0.05) is 57.9 Å². The van der Waals surface area contributed by atoms with E-state index in [4.69, 9.17) is 0 Å². The molecule has 2 bridgehead atoms. The first-order valence-corrected chi connectivity index (χ1v) is 7.70. The van der Waals surface area contributed by atoms with Crippen LogP contribution in [0.4, 0.5) is 0 Å². The normalized spacial score (nSPS) is 35.8. The third-order valence-corrected chi connectivity index (χ3v) is 5.17. The molecule has 2 atom stereocenters. The molecule has 0 amide bonds. The summed E-state index contributed by atoms with van der Waals surface area (Å²) >= 11 is 0. The lowest BCUT2D eigenvalue weighted by Gasteiger charge is -2.31. The smallest absolute Gasteiger partial charge is 0.0223 e. The Balaban J connectivity index is 1.45. The molecule has 3 aliphatic rings. The molecule has 1 N–H and O–H groups in total. The Morgan fingerprint density at radius 2 is 1.61 bits per heavy atom. The fourth-order valence-corrected chi connectivity index (χ4v) is 3.80. The average molecular weight is 252 g/mol. The van der Waals surface area contributed by atoms with Gasteiger partial charge in [-0.1, -0.05) is 0 Å². The molecule has 3 heterocycles. The molecule has 4 nitrogen and oxygen atoms in total. The van der Waals surface area contributed by atoms with Gasteiger partial charge < -0.3 is 10.2 Å². The SMILES string of the molecule is CN1C2CCC1CN(CCN1CCNCC1)CC2. The molecule has 0 spiro atoms. The van der Waals surface area contributed by atoms with Crippen molar-refractivity contribution in [3.63, 3.8) is 0 Å². The fourth-order valence-electron chi connectivity index (χ4n) is 3.80. The van der Waals surface area contributed by atoms with Crippen LogP contribution < -0.4 is 5.32 Å². The Kier molecular flexibility index (Phi) is 4.19. The summed E-state index contributed by atoms with van der Waals surface area (Å²) < 4.78 is 0. The van der Waals surface area contributed by atoms with Crippen molar-refractivity contribution in [1.29, 1.82) is 0 Å². The maximum absolute atomic E-state index is 3.43. The van der Waals surface area contributed by atoms with Gasteiger partial charge in [-0.2, -0.15) is 0 Å². The van der Waals surface area contributed by atoms with E-state index in [-0.39, 0.29) is 0 Å². The van der Waals surface area contributed by atoms with Crippen molar-refractivity contribution < 1.29 is 0 Å². The summed E-state index contributed by atoms with van der Waals surface area (Å²) in [6, 6.07) is 1.71. The van der Waals surface area contributed by atoms with Crippen LogP contribution in [0.25, 0.3) is 0 Å². The Morgan fingerprint density at radius 3 is 2.44 bits per heavy atom. The highest BCUT2D eigenvalue weighted by Gasteiger charge is 2.34. The summed E-state index contributed by atoms with van der Waals surface area (Å²) in [5.41, 5.74) is 0. The molecule has 0 aliphatic carbocycles. The van der Waals surface area contributed by atoms with E-state index in [0.29, 0.717) is 0 Å². The summed E-state index contributed by atoms with van der Waals surface area (Å²) in [7, 11) is 2.34. The van der Waals surface area contributed by atoms with Gasteiger partial charge >= 0.3 is 0 Å². The van der Waals surface area contributed by atoms with Crippen LogP contribution in [-0.4, -0.2) is 86.2 Å². The van der Waals surface area contributed by atoms with Crippen molar-refractivity contribution in [2.75, 3.05) is 59.4 Å². The minimum Gasteiger partial charge on any atom is -0.314 e. The van der Waals surface area contributed by atoms with Gasteiger partial charge in [-0.05, 0) is 32.9 Å². The lowest BCUT2D eigenvalue weighted by molar-refractivity contribution is 0.175. The quantitative estimate of drug-likeness (QED) is 0.767. The monoisotopic (exact) mass is 252 g/mol. The first-order valence-electron chi connectivity index (χ1n) is 7.70. The lowest BCUT2D eigenvalue weighted by atomic mass is 10.1. The zero-order valence-corrected chi connectivity index (χ0v) is 11.8. The van der Waals surface area contributed by atoms with Crippen LogP contribution in [0.2, 0.25) is 0 Å². The topological polar surface area (TPSA) is 21.8 Å². The van der Waals surface area contributed by atoms with E-state index >= 15 is 0 Å². The predicted octanol–water partition coefficient (Wildman–Crippen LogP) is 0.0601. The van der Waals surface area contributed by atoms with Gasteiger partial charge in [0.1, 0.15) is 0 Å². The van der Waals surface area contributed by atoms with Gasteiger partial charge in [0.25, 0.3) is 0 Å². The standard InChI is InChI=1S/C14H28N4/c1-16-13-2-3-14(16)12-18(7-4-13)11-10-17-8-5-15-6-9-17/h13-15H,2-12H2,1H3. The fraction of sp³-hybridized carbons (Fsp3) is 1.00. The number of nitrogens with zero attached hydrogens (tertiary/aromatic N) is 3. The molecule has 3 fully saturated rings. The van der Waals surface area contributed by atoms with E-state index in [1.807, 2.05) is 0 Å². The summed E-state index contributed by atoms with van der Waals surface area (Å²) in [5, 5.41) is 3.43. The van der Waals surface area contributed by atoms with Gasteiger partial charge in [-0.25, -0.2) is 0 Å². The molecule has 3 aliphatic heterocycles. The predicted molar refractivity (Wildman–Crippen MR) is 74.9 cm³/mol. The van der Waals surface area contributed by atoms with Crippen LogP contribution in [-0.2, 0) is 0 Å². The second-order valence-electron chi connectivity index (χ2n) is 6.23. The summed E-state index contributed by atoms with van der Waals surface area (Å²) in [6.07, 6.45) is 4.24. The van der Waals surface area contributed by atoms with Crippen molar-refractivity contribution in [3.05, 3.63) is 0 Å². The Bertz CT molecular complexity index is 265. The second kappa shape index (κ2) is 5.87. The lowest BCUT2D eigenvalue weighted by Crippen LogP contribution is -2.47. The molecule has 0 aromatic carbocycles. The van der Waals surface area contributed by atoms with Gasteiger partial charge in [-0.15, -0.1) is 0 Å². The van der Waals surface area contributed by atoms with Crippen molar-refractivity contribution in [1.82, 2.24) is 20.0 Å². The van der Waals surface area contributed by atoms with E-state index in [0.717, 1.165) is 12.1 Å². The molecule has 4 heteroatoms. The van der Waals surface area contributed by atoms with Gasteiger partial charge in [0.05, 0.1) is 0 Å². The van der Waals surface area contributed by atoms with Crippen molar-refractivity contribution >= 4 is 0 Å². The van der Waals surface area contributed by atoms with Gasteiger partial charge in [0.15, 0.2) is 0 Å². The molecule has 0 radical (unpaired) electrons.